The fourth-order valence-corrected chi connectivity index (χ4v) is 2.62. The first-order valence-electron chi connectivity index (χ1n) is 7.96. The standard InChI is InChI=1S/C19H24N2O3/c1-19(2)10-16(22)15(17(23)11-19)12-20-14-7-5-13(6-8-14)9-18(24)21(3)4/h5-8,12,22H,9-11H2,1-4H3. The summed E-state index contributed by atoms with van der Waals surface area (Å²) in [5.41, 5.74) is 1.67. The molecule has 0 atom stereocenters. The number of ketones is 1. The van der Waals surface area contributed by atoms with Crippen molar-refractivity contribution < 1.29 is 14.7 Å². The summed E-state index contributed by atoms with van der Waals surface area (Å²) in [6, 6.07) is 7.27. The lowest BCUT2D eigenvalue weighted by atomic mass is 9.77. The Balaban J connectivity index is 2.10. The van der Waals surface area contributed by atoms with Crippen LogP contribution in [0.25, 0.3) is 0 Å². The van der Waals surface area contributed by atoms with Gasteiger partial charge in [-0.05, 0) is 23.1 Å². The Morgan fingerprint density at radius 1 is 1.25 bits per heavy atom. The van der Waals surface area contributed by atoms with Gasteiger partial charge in [-0.2, -0.15) is 0 Å². The molecule has 0 aromatic heterocycles. The molecule has 5 heteroatoms. The molecule has 1 aromatic rings. The van der Waals surface area contributed by atoms with E-state index in [1.807, 2.05) is 26.0 Å². The van der Waals surface area contributed by atoms with E-state index in [4.69, 9.17) is 0 Å². The van der Waals surface area contributed by atoms with Crippen LogP contribution in [-0.4, -0.2) is 42.0 Å². The number of hydrogen-bond donors (Lipinski definition) is 1. The first-order chi connectivity index (χ1) is 11.2. The summed E-state index contributed by atoms with van der Waals surface area (Å²) < 4.78 is 0. The molecule has 1 amide bonds. The highest BCUT2D eigenvalue weighted by atomic mass is 16.3. The van der Waals surface area contributed by atoms with Gasteiger partial charge in [0.1, 0.15) is 5.76 Å². The summed E-state index contributed by atoms with van der Waals surface area (Å²) in [5, 5.41) is 10.1. The first-order valence-corrected chi connectivity index (χ1v) is 7.96. The normalized spacial score (nSPS) is 17.4. The van der Waals surface area contributed by atoms with E-state index in [1.165, 1.54) is 6.21 Å². The average Bonchev–Trinajstić information content (AvgIpc) is 2.46. The molecule has 0 saturated heterocycles. The highest BCUT2D eigenvalue weighted by molar-refractivity contribution is 6.14. The second kappa shape index (κ2) is 6.99. The van der Waals surface area contributed by atoms with Crippen molar-refractivity contribution >= 4 is 23.6 Å². The lowest BCUT2D eigenvalue weighted by Crippen LogP contribution is -2.26. The van der Waals surface area contributed by atoms with Crippen LogP contribution in [0.4, 0.5) is 5.69 Å². The molecule has 0 spiro atoms. The van der Waals surface area contributed by atoms with Gasteiger partial charge < -0.3 is 10.0 Å². The largest absolute Gasteiger partial charge is 0.511 e. The van der Waals surface area contributed by atoms with Crippen LogP contribution in [0.15, 0.2) is 40.6 Å². The number of aliphatic imine (C=N–C) groups is 1. The van der Waals surface area contributed by atoms with Gasteiger partial charge in [-0.15, -0.1) is 0 Å². The Bertz CT molecular complexity index is 698. The average molecular weight is 328 g/mol. The zero-order valence-electron chi connectivity index (χ0n) is 14.7. The Kier molecular flexibility index (Phi) is 5.22. The van der Waals surface area contributed by atoms with Gasteiger partial charge >= 0.3 is 0 Å². The molecule has 1 aliphatic carbocycles. The minimum Gasteiger partial charge on any atom is -0.511 e. The van der Waals surface area contributed by atoms with Gasteiger partial charge in [0.05, 0.1) is 17.7 Å². The second-order valence-corrected chi connectivity index (χ2v) is 7.19. The number of likely N-dealkylation sites (N-methyl/N-ethyl adjacent to an activating group) is 1. The van der Waals surface area contributed by atoms with Gasteiger partial charge in [-0.3, -0.25) is 14.6 Å². The number of nitrogens with zero attached hydrogens (tertiary/aromatic N) is 2. The zero-order valence-corrected chi connectivity index (χ0v) is 14.7. The summed E-state index contributed by atoms with van der Waals surface area (Å²) in [6.07, 6.45) is 2.67. The SMILES string of the molecule is CN(C)C(=O)Cc1ccc(N=CC2=C(O)CC(C)(C)CC2=O)cc1. The summed E-state index contributed by atoms with van der Waals surface area (Å²) >= 11 is 0. The van der Waals surface area contributed by atoms with Gasteiger partial charge in [-0.1, -0.05) is 26.0 Å². The van der Waals surface area contributed by atoms with Gasteiger partial charge in [0.15, 0.2) is 5.78 Å². The van der Waals surface area contributed by atoms with E-state index in [9.17, 15) is 14.7 Å². The van der Waals surface area contributed by atoms with E-state index in [1.54, 1.807) is 31.1 Å². The lowest BCUT2D eigenvalue weighted by Gasteiger charge is -2.28. The number of Topliss-reactive ketones (excluding diaryl/α,β-unsaturated/α-hetero) is 1. The van der Waals surface area contributed by atoms with Crippen molar-refractivity contribution in [3.63, 3.8) is 0 Å². The molecule has 0 heterocycles. The third kappa shape index (κ3) is 4.54. The monoisotopic (exact) mass is 328 g/mol. The maximum absolute atomic E-state index is 12.1. The van der Waals surface area contributed by atoms with Crippen LogP contribution in [-0.2, 0) is 16.0 Å². The number of hydrogen-bond acceptors (Lipinski definition) is 4. The third-order valence-electron chi connectivity index (χ3n) is 4.03. The van der Waals surface area contributed by atoms with Crippen molar-refractivity contribution in [3.8, 4) is 0 Å². The van der Waals surface area contributed by atoms with Crippen LogP contribution in [0.1, 0.15) is 32.3 Å². The lowest BCUT2D eigenvalue weighted by molar-refractivity contribution is -0.128. The Hall–Kier alpha value is -2.43. The summed E-state index contributed by atoms with van der Waals surface area (Å²) in [6.45, 7) is 3.92. The number of aliphatic hydroxyl groups is 1. The van der Waals surface area contributed by atoms with Crippen molar-refractivity contribution in [2.45, 2.75) is 33.1 Å². The topological polar surface area (TPSA) is 70.0 Å². The Morgan fingerprint density at radius 3 is 2.42 bits per heavy atom. The molecule has 0 fully saturated rings. The molecule has 1 aliphatic rings. The number of amides is 1. The van der Waals surface area contributed by atoms with Crippen LogP contribution < -0.4 is 0 Å². The molecule has 0 radical (unpaired) electrons. The zero-order chi connectivity index (χ0) is 17.9. The summed E-state index contributed by atoms with van der Waals surface area (Å²) in [4.78, 5) is 29.6. The van der Waals surface area contributed by atoms with Crippen molar-refractivity contribution in [2.75, 3.05) is 14.1 Å². The number of carbonyl (C=O) groups is 2. The molecular formula is C19H24N2O3. The molecule has 0 unspecified atom stereocenters. The molecular weight excluding hydrogens is 304 g/mol. The van der Waals surface area contributed by atoms with Crippen molar-refractivity contribution in [3.05, 3.63) is 41.2 Å². The summed E-state index contributed by atoms with van der Waals surface area (Å²) in [5.74, 6) is 0.0608. The number of carbonyl (C=O) groups excluding carboxylic acids is 2. The minimum absolute atomic E-state index is 0.0387. The van der Waals surface area contributed by atoms with Gasteiger partial charge in [0.25, 0.3) is 0 Å². The quantitative estimate of drug-likeness (QED) is 0.863. The molecule has 128 valence electrons. The third-order valence-corrected chi connectivity index (χ3v) is 4.03. The molecule has 0 aliphatic heterocycles. The molecule has 5 nitrogen and oxygen atoms in total. The number of aliphatic hydroxyl groups excluding tert-OH is 1. The van der Waals surface area contributed by atoms with Crippen LogP contribution in [0.3, 0.4) is 0 Å². The van der Waals surface area contributed by atoms with E-state index in [0.29, 0.717) is 30.5 Å². The molecule has 0 bridgehead atoms. The minimum atomic E-state index is -0.209. The van der Waals surface area contributed by atoms with E-state index in [2.05, 4.69) is 4.99 Å². The van der Waals surface area contributed by atoms with Gasteiger partial charge in [-0.25, -0.2) is 0 Å². The molecule has 24 heavy (non-hydrogen) atoms. The molecule has 1 N–H and O–H groups in total. The number of rotatable bonds is 4. The first kappa shape index (κ1) is 17.9. The van der Waals surface area contributed by atoms with Crippen LogP contribution in [0, 0.1) is 5.41 Å². The predicted molar refractivity (Wildman–Crippen MR) is 94.7 cm³/mol. The van der Waals surface area contributed by atoms with E-state index < -0.39 is 0 Å². The fourth-order valence-electron chi connectivity index (χ4n) is 2.62. The van der Waals surface area contributed by atoms with Crippen molar-refractivity contribution in [2.24, 2.45) is 10.4 Å². The Labute approximate surface area is 142 Å². The molecule has 0 saturated carbocycles. The number of benzene rings is 1. The van der Waals surface area contributed by atoms with Crippen LogP contribution in [0.5, 0.6) is 0 Å². The highest BCUT2D eigenvalue weighted by Gasteiger charge is 2.32. The molecule has 2 rings (SSSR count). The van der Waals surface area contributed by atoms with Crippen molar-refractivity contribution in [1.82, 2.24) is 4.90 Å². The predicted octanol–water partition coefficient (Wildman–Crippen LogP) is 3.22. The van der Waals surface area contributed by atoms with Crippen LogP contribution >= 0.6 is 0 Å². The van der Waals surface area contributed by atoms with E-state index >= 15 is 0 Å². The highest BCUT2D eigenvalue weighted by Crippen LogP contribution is 2.35. The van der Waals surface area contributed by atoms with Crippen molar-refractivity contribution in [1.29, 1.82) is 0 Å². The summed E-state index contributed by atoms with van der Waals surface area (Å²) in [7, 11) is 3.45. The molecule has 1 aromatic carbocycles. The van der Waals surface area contributed by atoms with Gasteiger partial charge in [0, 0.05) is 33.2 Å². The smallest absolute Gasteiger partial charge is 0.226 e. The van der Waals surface area contributed by atoms with Gasteiger partial charge in [0.2, 0.25) is 5.91 Å². The van der Waals surface area contributed by atoms with E-state index in [0.717, 1.165) is 5.56 Å². The maximum atomic E-state index is 12.1. The maximum Gasteiger partial charge on any atom is 0.226 e. The second-order valence-electron chi connectivity index (χ2n) is 7.19. The Morgan fingerprint density at radius 2 is 1.88 bits per heavy atom. The van der Waals surface area contributed by atoms with Crippen LogP contribution in [0.2, 0.25) is 0 Å². The fraction of sp³-hybridized carbons (Fsp3) is 0.421. The van der Waals surface area contributed by atoms with E-state index in [-0.39, 0.29) is 22.9 Å². The number of allylic oxidation sites excluding steroid dienone is 2.